The third kappa shape index (κ3) is 14.6. The van der Waals surface area contributed by atoms with Crippen molar-refractivity contribution in [2.24, 2.45) is 0 Å². The maximum absolute atomic E-state index is 8.96. The van der Waals surface area contributed by atoms with E-state index in [1.54, 1.807) is 0 Å². The summed E-state index contributed by atoms with van der Waals surface area (Å²) in [6.45, 7) is 32.9. The molecule has 0 aliphatic heterocycles. The Morgan fingerprint density at radius 1 is 0.522 bits per heavy atom. The van der Waals surface area contributed by atoms with Gasteiger partial charge in [-0.25, -0.2) is 14.5 Å². The summed E-state index contributed by atoms with van der Waals surface area (Å²) in [6.07, 6.45) is -14.7. The van der Waals surface area contributed by atoms with Gasteiger partial charge < -0.3 is 43.7 Å². The number of hydrogen-bond donors (Lipinski definition) is 3. The van der Waals surface area contributed by atoms with E-state index in [2.05, 4.69) is 60.9 Å². The summed E-state index contributed by atoms with van der Waals surface area (Å²) in [5.74, 6) is -3.74. The fourth-order valence-corrected chi connectivity index (χ4v) is 8.67. The lowest BCUT2D eigenvalue weighted by molar-refractivity contribution is 0.244. The third-order valence-corrected chi connectivity index (χ3v) is 12.5. The summed E-state index contributed by atoms with van der Waals surface area (Å²) >= 11 is 0. The van der Waals surface area contributed by atoms with Gasteiger partial charge in [-0.15, -0.1) is 0 Å². The molecular weight excluding hydrogens is 1130 g/mol. The van der Waals surface area contributed by atoms with Crippen LogP contribution in [0.5, 0.6) is 17.2 Å². The average Bonchev–Trinajstić information content (AvgIpc) is 1.57. The Morgan fingerprint density at radius 3 is 1.18 bits per heavy atom. The molecule has 90 heavy (non-hydrogen) atoms. The lowest BCUT2D eigenvalue weighted by Crippen LogP contribution is -2.19. The molecule has 18 nitrogen and oxygen atoms in total. The van der Waals surface area contributed by atoms with Crippen molar-refractivity contribution in [2.45, 2.75) is 156 Å². The van der Waals surface area contributed by atoms with Crippen LogP contribution in [0.25, 0.3) is 83.1 Å². The van der Waals surface area contributed by atoms with Crippen LogP contribution in [0, 0.1) is 19.7 Å². The molecule has 0 fully saturated rings. The number of benzene rings is 6. The summed E-state index contributed by atoms with van der Waals surface area (Å²) in [7, 11) is 0. The van der Waals surface area contributed by atoms with Crippen LogP contribution in [0.3, 0.4) is 0 Å². The molecule has 3 heterocycles. The van der Waals surface area contributed by atoms with Crippen molar-refractivity contribution in [3.63, 3.8) is 0 Å². The van der Waals surface area contributed by atoms with Gasteiger partial charge in [0.05, 0.1) is 66.7 Å². The molecule has 6 aromatic carbocycles. The first-order valence-corrected chi connectivity index (χ1v) is 27.7. The van der Waals surface area contributed by atoms with E-state index < -0.39 is 260 Å². The van der Waals surface area contributed by atoms with Crippen molar-refractivity contribution in [3.8, 4) is 85.8 Å². The van der Waals surface area contributed by atoms with Gasteiger partial charge in [-0.3, -0.25) is 0 Å². The smallest absolute Gasteiger partial charge is 0.256 e. The number of ether oxygens (including phenoxy) is 3. The van der Waals surface area contributed by atoms with Crippen LogP contribution in [-0.4, -0.2) is 68.2 Å². The van der Waals surface area contributed by atoms with Gasteiger partial charge in [0.2, 0.25) is 34.5 Å². The molecule has 0 saturated heterocycles. The van der Waals surface area contributed by atoms with E-state index in [1.807, 2.05) is 6.92 Å². The quantitative estimate of drug-likeness (QED) is 0.0575. The van der Waals surface area contributed by atoms with Crippen molar-refractivity contribution in [1.29, 1.82) is 0 Å². The molecule has 3 aliphatic rings. The topological polar surface area (TPSA) is 194 Å². The Bertz CT molecular complexity index is 5980. The van der Waals surface area contributed by atoms with Crippen molar-refractivity contribution in [1.82, 2.24) is 46.4 Å². The van der Waals surface area contributed by atoms with Crippen molar-refractivity contribution < 1.29 is 74.4 Å². The predicted molar refractivity (Wildman–Crippen MR) is 350 cm³/mol. The highest BCUT2D eigenvalue weighted by molar-refractivity contribution is 5.74. The standard InChI is InChI=1S/3C24H26N4O2/c3*1-5-13-26-20-11-10-17-18(20)7-6-8-19(17)23-27-24(30-28-23)16-9-12-22(29-15(2)3)21(14-16)25-4/h3*6-9,12,14-15,20,26H,5,10-11,13H2,1-3H3/t3*20-/m000/s1/i6D,7D,8D,9D,11D2,12D,13D2,14D,15D,20D;5D2,6D,7D,8D,9D,11D2,12D,14D,15D,20D;6D,7D,8D,9D,11D2,12D,14D,15D,20D. The van der Waals surface area contributed by atoms with Crippen LogP contribution >= 0.6 is 0 Å². The summed E-state index contributed by atoms with van der Waals surface area (Å²) in [5.41, 5.74) is -3.83. The summed E-state index contributed by atoms with van der Waals surface area (Å²) < 4.78 is 318. The van der Waals surface area contributed by atoms with Crippen molar-refractivity contribution in [3.05, 3.63) is 176 Å². The molecule has 12 rings (SSSR count). The number of nitrogens with zero attached hydrogens (tertiary/aromatic N) is 9. The summed E-state index contributed by atoms with van der Waals surface area (Å²) in [4.78, 5) is 22.3. The highest BCUT2D eigenvalue weighted by atomic mass is 16.5. The van der Waals surface area contributed by atoms with E-state index >= 15 is 0 Å². The van der Waals surface area contributed by atoms with Gasteiger partial charge in [0, 0.05) is 69.3 Å². The second-order valence-corrected chi connectivity index (χ2v) is 19.7. The van der Waals surface area contributed by atoms with Crippen LogP contribution in [0.15, 0.2) is 122 Å². The van der Waals surface area contributed by atoms with Gasteiger partial charge in [0.1, 0.15) is 17.2 Å². The minimum absolute atomic E-state index is 0.0286. The van der Waals surface area contributed by atoms with Crippen LogP contribution < -0.4 is 30.2 Å². The first-order valence-electron chi connectivity index (χ1n) is 44.7. The Hall–Kier alpha value is -9.51. The lowest BCUT2D eigenvalue weighted by Gasteiger charge is -2.13. The molecule has 462 valence electrons. The fourth-order valence-electron chi connectivity index (χ4n) is 8.67. The number of aromatic nitrogens is 6. The molecule has 18 heteroatoms. The van der Waals surface area contributed by atoms with E-state index in [0.717, 1.165) is 0 Å². The molecule has 0 bridgehead atoms. The molecule has 3 aliphatic carbocycles. The maximum Gasteiger partial charge on any atom is 0.256 e. The predicted octanol–water partition coefficient (Wildman–Crippen LogP) is 17.2. The molecule has 0 amide bonds. The molecule has 3 N–H and O–H groups in total. The minimum Gasteiger partial charge on any atom is -0.502 e. The Kier molecular flexibility index (Phi) is 11.0. The molecule has 3 atom stereocenters. The average molecular weight is 1240 g/mol. The fraction of sp³-hybridized carbons (Fsp3) is 0.375. The highest BCUT2D eigenvalue weighted by Crippen LogP contribution is 2.42. The van der Waals surface area contributed by atoms with E-state index in [-0.39, 0.29) is 92.5 Å². The van der Waals surface area contributed by atoms with Crippen LogP contribution in [-0.2, 0) is 19.3 Å². The van der Waals surface area contributed by atoms with Crippen molar-refractivity contribution >= 4 is 17.1 Å². The molecule has 0 spiro atoms. The van der Waals surface area contributed by atoms with Crippen LogP contribution in [0.1, 0.15) is 199 Å². The van der Waals surface area contributed by atoms with E-state index in [1.165, 1.54) is 55.4 Å². The van der Waals surface area contributed by atoms with E-state index in [4.69, 9.17) is 94.1 Å². The van der Waals surface area contributed by atoms with Crippen molar-refractivity contribution in [2.75, 3.05) is 19.6 Å². The van der Waals surface area contributed by atoms with Gasteiger partial charge in [-0.2, -0.15) is 15.0 Å². The first-order chi connectivity index (χ1) is 56.9. The molecule has 9 aromatic rings. The maximum atomic E-state index is 8.96. The summed E-state index contributed by atoms with van der Waals surface area (Å²) in [5, 5.41) is 19.2. The molecule has 0 saturated carbocycles. The Labute approximate surface area is 575 Å². The zero-order valence-electron chi connectivity index (χ0n) is 83.9. The number of nitrogens with one attached hydrogen (secondary N) is 3. The molecule has 0 unspecified atom stereocenters. The van der Waals surface area contributed by atoms with Gasteiger partial charge >= 0.3 is 0 Å². The number of rotatable bonds is 21. The Morgan fingerprint density at radius 2 is 0.867 bits per heavy atom. The Balaban J connectivity index is 0.000000195. The highest BCUT2D eigenvalue weighted by Gasteiger charge is 2.30. The van der Waals surface area contributed by atoms with Crippen LogP contribution in [0.4, 0.5) is 17.1 Å². The van der Waals surface area contributed by atoms with E-state index in [9.17, 15) is 0 Å². The number of fused-ring (bicyclic) bond motifs is 3. The van der Waals surface area contributed by atoms with Crippen LogP contribution in [0.2, 0.25) is 0 Å². The molecule has 3 aromatic heterocycles. The molecule has 0 radical (unpaired) electrons. The monoisotopic (exact) mass is 1240 g/mol. The molecular formula is C72H78N12O6. The van der Waals surface area contributed by atoms with Gasteiger partial charge in [0.25, 0.3) is 17.7 Å². The zero-order chi connectivity index (χ0) is 93.4. The number of hydrogen-bond acceptors (Lipinski definition) is 15. The summed E-state index contributed by atoms with van der Waals surface area (Å²) in [6, 6.07) is -17.4. The zero-order valence-corrected chi connectivity index (χ0v) is 49.9. The SMILES string of the molecule is [2H]c1c([2H])c(-c2noc(-c3c([2H])c([2H])c(OC([2H])(C)C)c([N+]#[C-])c3[2H])n2)c2c(c1[2H])[C@@]([2H])(NC([2H])([2H])CC)C([2H])([2H])C2.[2H]c1c([2H])c(-c2noc(-c3c([2H])c([2H])c(OC([2H])(C)C)c([N+]#[C-])c3[2H])n2)c2c(c1[2H])[C@@]([2H])(NCC([2H])([2H])C)C([2H])([2H])C2.[2H]c1c([2H])c(-c2noc(-c3c([2H])c([2H])c(OC([2H])(C)C)c([N+]#[C-])c3[2H])n2)c2c(c1[2H])[C@@]([2H])(NCCC)C([2H])([2H])C2. The van der Waals surface area contributed by atoms with E-state index in [0.29, 0.717) is 6.42 Å². The van der Waals surface area contributed by atoms with Gasteiger partial charge in [0.15, 0.2) is 0 Å². The largest absolute Gasteiger partial charge is 0.502 e. The third-order valence-electron chi connectivity index (χ3n) is 12.5. The van der Waals surface area contributed by atoms with Gasteiger partial charge in [-0.1, -0.05) is 90.6 Å². The van der Waals surface area contributed by atoms with Gasteiger partial charge in [-0.05, 0) is 206 Å². The lowest BCUT2D eigenvalue weighted by atomic mass is 10.0. The normalized spacial score (nSPS) is 25.4. The first kappa shape index (κ1) is 33.4. The second kappa shape index (κ2) is 29.7. The second-order valence-electron chi connectivity index (χ2n) is 19.7. The minimum atomic E-state index is -2.52.